The highest BCUT2D eigenvalue weighted by molar-refractivity contribution is 5.46. The predicted octanol–water partition coefficient (Wildman–Crippen LogP) is 1.73. The van der Waals surface area contributed by atoms with Crippen molar-refractivity contribution in [1.29, 1.82) is 0 Å². The Bertz CT molecular complexity index is 538. The van der Waals surface area contributed by atoms with E-state index in [4.69, 9.17) is 4.52 Å². The Kier molecular flexibility index (Phi) is 3.41. The summed E-state index contributed by atoms with van der Waals surface area (Å²) < 4.78 is 6.71. The molecular weight excluding hydrogens is 220 g/mol. The van der Waals surface area contributed by atoms with E-state index in [1.54, 1.807) is 10.6 Å². The normalized spacial score (nSPS) is 10.9. The number of aryl methyl sites for hydroxylation is 1. The van der Waals surface area contributed by atoms with Crippen LogP contribution in [-0.4, -0.2) is 19.9 Å². The quantitative estimate of drug-likeness (QED) is 0.802. The fourth-order valence-electron chi connectivity index (χ4n) is 1.70. The molecule has 0 saturated carbocycles. The summed E-state index contributed by atoms with van der Waals surface area (Å²) in [6.45, 7) is 4.61. The van der Waals surface area contributed by atoms with Crippen LogP contribution in [0.3, 0.4) is 0 Å². The van der Waals surface area contributed by atoms with Crippen molar-refractivity contribution < 1.29 is 4.52 Å². The molecule has 2 rings (SSSR count). The molecule has 0 unspecified atom stereocenters. The maximum Gasteiger partial charge on any atom is 0.343 e. The van der Waals surface area contributed by atoms with Crippen LogP contribution in [0.4, 0.5) is 0 Å². The van der Waals surface area contributed by atoms with Gasteiger partial charge in [0.25, 0.3) is 0 Å². The van der Waals surface area contributed by atoms with Gasteiger partial charge < -0.3 is 4.52 Å². The highest BCUT2D eigenvalue weighted by Crippen LogP contribution is 2.16. The summed E-state index contributed by atoms with van der Waals surface area (Å²) in [5.41, 5.74) is 0.570. The summed E-state index contributed by atoms with van der Waals surface area (Å²) in [5.74, 6) is 1.05. The van der Waals surface area contributed by atoms with Crippen molar-refractivity contribution in [3.8, 4) is 11.6 Å². The van der Waals surface area contributed by atoms with Crippen molar-refractivity contribution in [2.75, 3.05) is 0 Å². The van der Waals surface area contributed by atoms with Gasteiger partial charge in [-0.2, -0.15) is 0 Å². The molecule has 0 amide bonds. The zero-order valence-corrected chi connectivity index (χ0v) is 10.1. The first kappa shape index (κ1) is 11.6. The molecule has 0 aliphatic rings. The molecule has 0 spiro atoms. The Morgan fingerprint density at radius 3 is 2.94 bits per heavy atom. The second kappa shape index (κ2) is 4.99. The molecule has 0 radical (unpaired) electrons. The van der Waals surface area contributed by atoms with E-state index in [0.717, 1.165) is 25.0 Å². The molecule has 2 aromatic rings. The molecule has 0 aliphatic carbocycles. The standard InChI is InChI=1S/C11H16N4O2/c1-3-4-5-6-15-10(12-13-11(15)16)9-7-8(2)14-17-9/h7H,3-6H2,1-2H3,(H,13,16). The van der Waals surface area contributed by atoms with Crippen LogP contribution in [0.1, 0.15) is 31.9 Å². The average molecular weight is 236 g/mol. The van der Waals surface area contributed by atoms with Gasteiger partial charge >= 0.3 is 5.69 Å². The lowest BCUT2D eigenvalue weighted by Crippen LogP contribution is -2.17. The molecular formula is C11H16N4O2. The lowest BCUT2D eigenvalue weighted by molar-refractivity contribution is 0.421. The highest BCUT2D eigenvalue weighted by Gasteiger charge is 2.14. The van der Waals surface area contributed by atoms with Crippen molar-refractivity contribution in [1.82, 2.24) is 19.9 Å². The molecule has 92 valence electrons. The summed E-state index contributed by atoms with van der Waals surface area (Å²) >= 11 is 0. The van der Waals surface area contributed by atoms with E-state index in [2.05, 4.69) is 22.3 Å². The first-order chi connectivity index (χ1) is 8.22. The number of H-pyrrole nitrogens is 1. The van der Waals surface area contributed by atoms with Gasteiger partial charge in [-0.15, -0.1) is 5.10 Å². The van der Waals surface area contributed by atoms with E-state index in [0.29, 0.717) is 18.1 Å². The largest absolute Gasteiger partial charge is 0.353 e. The topological polar surface area (TPSA) is 76.7 Å². The van der Waals surface area contributed by atoms with Gasteiger partial charge in [0.1, 0.15) is 0 Å². The number of aromatic amines is 1. The Hall–Kier alpha value is -1.85. The first-order valence-corrected chi connectivity index (χ1v) is 5.81. The average Bonchev–Trinajstić information content (AvgIpc) is 2.87. The van der Waals surface area contributed by atoms with Gasteiger partial charge in [-0.05, 0) is 13.3 Å². The third-order valence-corrected chi connectivity index (χ3v) is 2.59. The van der Waals surface area contributed by atoms with Gasteiger partial charge in [0.15, 0.2) is 0 Å². The van der Waals surface area contributed by atoms with Crippen molar-refractivity contribution in [3.05, 3.63) is 22.2 Å². The molecule has 0 aromatic carbocycles. The summed E-state index contributed by atoms with van der Waals surface area (Å²) in [5, 5.41) is 10.2. The zero-order chi connectivity index (χ0) is 12.3. The van der Waals surface area contributed by atoms with Gasteiger partial charge in [0.05, 0.1) is 5.69 Å². The Morgan fingerprint density at radius 1 is 1.47 bits per heavy atom. The van der Waals surface area contributed by atoms with Crippen molar-refractivity contribution in [3.63, 3.8) is 0 Å². The van der Waals surface area contributed by atoms with Gasteiger partial charge in [-0.3, -0.25) is 4.57 Å². The van der Waals surface area contributed by atoms with E-state index < -0.39 is 0 Å². The number of rotatable bonds is 5. The van der Waals surface area contributed by atoms with Crippen LogP contribution in [-0.2, 0) is 6.54 Å². The number of hydrogen-bond acceptors (Lipinski definition) is 4. The number of aromatic nitrogens is 4. The SMILES string of the molecule is CCCCCn1c(-c2cc(C)no2)n[nH]c1=O. The van der Waals surface area contributed by atoms with Gasteiger partial charge in [-0.1, -0.05) is 24.9 Å². The lowest BCUT2D eigenvalue weighted by Gasteiger charge is -2.01. The molecule has 6 heteroatoms. The van der Waals surface area contributed by atoms with Crippen molar-refractivity contribution in [2.24, 2.45) is 0 Å². The fourth-order valence-corrected chi connectivity index (χ4v) is 1.70. The van der Waals surface area contributed by atoms with Crippen molar-refractivity contribution in [2.45, 2.75) is 39.7 Å². The second-order valence-corrected chi connectivity index (χ2v) is 4.04. The Morgan fingerprint density at radius 2 is 2.29 bits per heavy atom. The third kappa shape index (κ3) is 2.46. The Labute approximate surface area is 98.6 Å². The van der Waals surface area contributed by atoms with Crippen LogP contribution < -0.4 is 5.69 Å². The van der Waals surface area contributed by atoms with E-state index in [1.807, 2.05) is 6.92 Å². The highest BCUT2D eigenvalue weighted by atomic mass is 16.5. The van der Waals surface area contributed by atoms with Crippen LogP contribution in [0.15, 0.2) is 15.4 Å². The minimum atomic E-state index is -0.204. The minimum absolute atomic E-state index is 0.204. The fraction of sp³-hybridized carbons (Fsp3) is 0.545. The van der Waals surface area contributed by atoms with E-state index in [1.165, 1.54) is 0 Å². The molecule has 6 nitrogen and oxygen atoms in total. The summed E-state index contributed by atoms with van der Waals surface area (Å²) in [4.78, 5) is 11.6. The molecule has 0 saturated heterocycles. The van der Waals surface area contributed by atoms with E-state index in [9.17, 15) is 4.79 Å². The molecule has 0 fully saturated rings. The summed E-state index contributed by atoms with van der Waals surface area (Å²) in [6, 6.07) is 1.77. The van der Waals surface area contributed by atoms with Gasteiger partial charge in [0, 0.05) is 12.6 Å². The minimum Gasteiger partial charge on any atom is -0.353 e. The van der Waals surface area contributed by atoms with Gasteiger partial charge in [-0.25, -0.2) is 9.89 Å². The van der Waals surface area contributed by atoms with Crippen LogP contribution >= 0.6 is 0 Å². The van der Waals surface area contributed by atoms with Crippen LogP contribution in [0, 0.1) is 6.92 Å². The first-order valence-electron chi connectivity index (χ1n) is 5.81. The molecule has 0 bridgehead atoms. The smallest absolute Gasteiger partial charge is 0.343 e. The zero-order valence-electron chi connectivity index (χ0n) is 10.1. The third-order valence-electron chi connectivity index (χ3n) is 2.59. The van der Waals surface area contributed by atoms with Crippen LogP contribution in [0.25, 0.3) is 11.6 Å². The number of nitrogens with zero attached hydrogens (tertiary/aromatic N) is 3. The summed E-state index contributed by atoms with van der Waals surface area (Å²) in [6.07, 6.45) is 3.16. The maximum absolute atomic E-state index is 11.6. The molecule has 2 aromatic heterocycles. The summed E-state index contributed by atoms with van der Waals surface area (Å²) in [7, 11) is 0. The second-order valence-electron chi connectivity index (χ2n) is 4.04. The van der Waals surface area contributed by atoms with Crippen molar-refractivity contribution >= 4 is 0 Å². The number of unbranched alkanes of at least 4 members (excludes halogenated alkanes) is 2. The molecule has 1 N–H and O–H groups in total. The lowest BCUT2D eigenvalue weighted by atomic mass is 10.2. The van der Waals surface area contributed by atoms with Gasteiger partial charge in [0.2, 0.25) is 11.6 Å². The molecule has 0 aliphatic heterocycles. The van der Waals surface area contributed by atoms with Crippen LogP contribution in [0.2, 0.25) is 0 Å². The molecule has 2 heterocycles. The predicted molar refractivity (Wildman–Crippen MR) is 62.6 cm³/mol. The molecule has 17 heavy (non-hydrogen) atoms. The number of nitrogens with one attached hydrogen (secondary N) is 1. The maximum atomic E-state index is 11.6. The van der Waals surface area contributed by atoms with E-state index in [-0.39, 0.29) is 5.69 Å². The number of hydrogen-bond donors (Lipinski definition) is 1. The monoisotopic (exact) mass is 236 g/mol. The van der Waals surface area contributed by atoms with Crippen LogP contribution in [0.5, 0.6) is 0 Å². The Balaban J connectivity index is 2.26. The van der Waals surface area contributed by atoms with E-state index >= 15 is 0 Å². The molecule has 0 atom stereocenters.